The molecule has 0 amide bonds. The summed E-state index contributed by atoms with van der Waals surface area (Å²) in [5.74, 6) is 2.17. The molecule has 2 atom stereocenters. The molecule has 2 rings (SSSR count). The third-order valence-electron chi connectivity index (χ3n) is 3.31. The number of hydrogen-bond donors (Lipinski definition) is 0. The molecule has 0 radical (unpaired) electrons. The number of fused-ring (bicyclic) bond motifs is 1. The van der Waals surface area contributed by atoms with Gasteiger partial charge in [-0.25, -0.2) is 4.68 Å². The third kappa shape index (κ3) is 2.99. The van der Waals surface area contributed by atoms with Gasteiger partial charge in [0.05, 0.1) is 6.04 Å². The molecule has 4 nitrogen and oxygen atoms in total. The Bertz CT molecular complexity index is 396. The molecule has 0 saturated heterocycles. The van der Waals surface area contributed by atoms with Crippen LogP contribution < -0.4 is 4.90 Å². The summed E-state index contributed by atoms with van der Waals surface area (Å²) in [6, 6.07) is 1.02. The highest BCUT2D eigenvalue weighted by atomic mass is 32.2. The molecule has 0 unspecified atom stereocenters. The predicted molar refractivity (Wildman–Crippen MR) is 78.4 cm³/mol. The molecule has 0 N–H and O–H groups in total. The average molecular weight is 268 g/mol. The van der Waals surface area contributed by atoms with Crippen molar-refractivity contribution >= 4 is 17.7 Å². The summed E-state index contributed by atoms with van der Waals surface area (Å²) in [4.78, 5) is 6.82. The van der Waals surface area contributed by atoms with Crippen LogP contribution in [0.5, 0.6) is 0 Å². The van der Waals surface area contributed by atoms with Crippen molar-refractivity contribution in [2.75, 3.05) is 17.2 Å². The fraction of sp³-hybridized carbons (Fsp3) is 0.846. The normalized spacial score (nSPS) is 24.2. The van der Waals surface area contributed by atoms with E-state index in [2.05, 4.69) is 54.3 Å². The zero-order valence-electron chi connectivity index (χ0n) is 12.1. The summed E-state index contributed by atoms with van der Waals surface area (Å²) in [6.45, 7) is 12.4. The molecule has 0 aromatic carbocycles. The van der Waals surface area contributed by atoms with Gasteiger partial charge >= 0.3 is 0 Å². The predicted octanol–water partition coefficient (Wildman–Crippen LogP) is 2.97. The van der Waals surface area contributed by atoms with E-state index in [1.807, 2.05) is 11.8 Å². The summed E-state index contributed by atoms with van der Waals surface area (Å²) in [5, 5.41) is 4.34. The third-order valence-corrected chi connectivity index (χ3v) is 4.56. The molecule has 102 valence electrons. The van der Waals surface area contributed by atoms with E-state index in [4.69, 9.17) is 0 Å². The molecule has 0 fully saturated rings. The summed E-state index contributed by atoms with van der Waals surface area (Å²) in [6.07, 6.45) is 2.82. The van der Waals surface area contributed by atoms with Crippen molar-refractivity contribution < 1.29 is 0 Å². The molecule has 18 heavy (non-hydrogen) atoms. The monoisotopic (exact) mass is 268 g/mol. The van der Waals surface area contributed by atoms with Crippen LogP contribution >= 0.6 is 11.8 Å². The van der Waals surface area contributed by atoms with E-state index in [1.165, 1.54) is 0 Å². The van der Waals surface area contributed by atoms with E-state index in [0.29, 0.717) is 16.8 Å². The Morgan fingerprint density at radius 3 is 2.72 bits per heavy atom. The minimum absolute atomic E-state index is 0.333. The summed E-state index contributed by atoms with van der Waals surface area (Å²) in [5.41, 5.74) is 0. The van der Waals surface area contributed by atoms with Crippen molar-refractivity contribution in [3.63, 3.8) is 0 Å². The van der Waals surface area contributed by atoms with Gasteiger partial charge in [-0.2, -0.15) is 21.8 Å². The Labute approximate surface area is 114 Å². The van der Waals surface area contributed by atoms with Gasteiger partial charge in [-0.15, -0.1) is 0 Å². The average Bonchev–Trinajstić information content (AvgIpc) is 2.70. The van der Waals surface area contributed by atoms with Crippen LogP contribution in [-0.2, 0) is 0 Å². The van der Waals surface area contributed by atoms with Gasteiger partial charge in [0, 0.05) is 23.1 Å². The number of aromatic nitrogens is 3. The number of anilines is 1. The van der Waals surface area contributed by atoms with Gasteiger partial charge < -0.3 is 4.90 Å². The van der Waals surface area contributed by atoms with Crippen LogP contribution in [-0.4, -0.2) is 37.9 Å². The lowest BCUT2D eigenvalue weighted by Crippen LogP contribution is -2.42. The molecule has 0 spiro atoms. The molecule has 2 heterocycles. The lowest BCUT2D eigenvalue weighted by Gasteiger charge is -2.37. The van der Waals surface area contributed by atoms with E-state index >= 15 is 0 Å². The quantitative estimate of drug-likeness (QED) is 0.844. The highest BCUT2D eigenvalue weighted by molar-refractivity contribution is 8.00. The van der Waals surface area contributed by atoms with Crippen molar-refractivity contribution in [3.8, 4) is 0 Å². The number of rotatable bonds is 3. The molecule has 0 aliphatic carbocycles. The molecular formula is C13H24N4S. The molecule has 1 aromatic rings. The van der Waals surface area contributed by atoms with Crippen molar-refractivity contribution in [2.24, 2.45) is 0 Å². The van der Waals surface area contributed by atoms with E-state index in [0.717, 1.165) is 24.7 Å². The lowest BCUT2D eigenvalue weighted by atomic mass is 10.1. The van der Waals surface area contributed by atoms with Gasteiger partial charge in [0.25, 0.3) is 0 Å². The number of nitrogens with zero attached hydrogens (tertiary/aromatic N) is 4. The first kappa shape index (κ1) is 13.7. The van der Waals surface area contributed by atoms with Crippen LogP contribution in [0.3, 0.4) is 0 Å². The van der Waals surface area contributed by atoms with E-state index in [-0.39, 0.29) is 0 Å². The molecular weight excluding hydrogens is 244 g/mol. The molecule has 0 saturated carbocycles. The van der Waals surface area contributed by atoms with E-state index in [1.54, 1.807) is 6.33 Å². The summed E-state index contributed by atoms with van der Waals surface area (Å²) < 4.78 is 2.39. The van der Waals surface area contributed by atoms with Crippen molar-refractivity contribution in [1.82, 2.24) is 14.8 Å². The first-order chi connectivity index (χ1) is 8.38. The Balaban J connectivity index is 2.02. The zero-order chi connectivity index (χ0) is 13.3. The fourth-order valence-corrected chi connectivity index (χ4v) is 3.35. The Hall–Kier alpha value is -0.710. The maximum absolute atomic E-state index is 4.42. The molecule has 1 aromatic heterocycles. The maximum atomic E-state index is 4.42. The Kier molecular flexibility index (Phi) is 3.90. The highest BCUT2D eigenvalue weighted by Gasteiger charge is 2.29. The van der Waals surface area contributed by atoms with Gasteiger partial charge in [0.15, 0.2) is 0 Å². The first-order valence-corrected chi connectivity index (χ1v) is 7.67. The van der Waals surface area contributed by atoms with Crippen LogP contribution in [0.4, 0.5) is 5.95 Å². The van der Waals surface area contributed by atoms with Crippen molar-refractivity contribution in [2.45, 2.75) is 57.9 Å². The zero-order valence-corrected chi connectivity index (χ0v) is 12.9. The van der Waals surface area contributed by atoms with E-state index < -0.39 is 0 Å². The van der Waals surface area contributed by atoms with Gasteiger partial charge in [-0.05, 0) is 20.3 Å². The van der Waals surface area contributed by atoms with E-state index in [9.17, 15) is 0 Å². The van der Waals surface area contributed by atoms with Crippen molar-refractivity contribution in [1.29, 1.82) is 0 Å². The van der Waals surface area contributed by atoms with Gasteiger partial charge in [-0.3, -0.25) is 0 Å². The van der Waals surface area contributed by atoms with Gasteiger partial charge in [0.1, 0.15) is 6.33 Å². The summed E-state index contributed by atoms with van der Waals surface area (Å²) >= 11 is 2.01. The Morgan fingerprint density at radius 2 is 2.06 bits per heavy atom. The highest BCUT2D eigenvalue weighted by Crippen LogP contribution is 2.30. The van der Waals surface area contributed by atoms with Crippen LogP contribution in [0.25, 0.3) is 0 Å². The molecule has 1 aliphatic rings. The smallest absolute Gasteiger partial charge is 0.224 e. The SMILES string of the molecule is C[C@@H]1C[C@H](C)n2ncnc2N1CCSC(C)(C)C. The molecule has 5 heteroatoms. The van der Waals surface area contributed by atoms with Crippen LogP contribution in [0, 0.1) is 0 Å². The minimum Gasteiger partial charge on any atom is -0.337 e. The second-order valence-corrected chi connectivity index (χ2v) is 8.01. The second kappa shape index (κ2) is 5.11. The minimum atomic E-state index is 0.333. The second-order valence-electron chi connectivity index (χ2n) is 6.09. The van der Waals surface area contributed by atoms with Gasteiger partial charge in [0.2, 0.25) is 5.95 Å². The fourth-order valence-electron chi connectivity index (χ4n) is 2.45. The largest absolute Gasteiger partial charge is 0.337 e. The van der Waals surface area contributed by atoms with Crippen LogP contribution in [0.15, 0.2) is 6.33 Å². The molecule has 0 bridgehead atoms. The Morgan fingerprint density at radius 1 is 1.33 bits per heavy atom. The first-order valence-electron chi connectivity index (χ1n) is 6.68. The van der Waals surface area contributed by atoms with Crippen LogP contribution in [0.1, 0.15) is 47.1 Å². The van der Waals surface area contributed by atoms with Crippen molar-refractivity contribution in [3.05, 3.63) is 6.33 Å². The number of hydrogen-bond acceptors (Lipinski definition) is 4. The topological polar surface area (TPSA) is 34.0 Å². The standard InChI is InChI=1S/C13H24N4S/c1-10-8-11(2)17-12(14-9-15-17)16(10)6-7-18-13(3,4)5/h9-11H,6-8H2,1-5H3/t10-,11+/m1/s1. The number of thioether (sulfide) groups is 1. The maximum Gasteiger partial charge on any atom is 0.224 e. The molecule has 1 aliphatic heterocycles. The van der Waals surface area contributed by atoms with Gasteiger partial charge in [-0.1, -0.05) is 20.8 Å². The summed E-state index contributed by atoms with van der Waals surface area (Å²) in [7, 11) is 0. The van der Waals surface area contributed by atoms with Crippen LogP contribution in [0.2, 0.25) is 0 Å². The lowest BCUT2D eigenvalue weighted by molar-refractivity contribution is 0.373.